The predicted molar refractivity (Wildman–Crippen MR) is 72.9 cm³/mol. The van der Waals surface area contributed by atoms with Crippen molar-refractivity contribution in [2.24, 2.45) is 0 Å². The summed E-state index contributed by atoms with van der Waals surface area (Å²) < 4.78 is 12.2. The van der Waals surface area contributed by atoms with Crippen LogP contribution in [0.25, 0.3) is 0 Å². The van der Waals surface area contributed by atoms with E-state index in [9.17, 15) is 5.11 Å². The Bertz CT molecular complexity index is 289. The van der Waals surface area contributed by atoms with E-state index in [1.165, 1.54) is 32.1 Å². The van der Waals surface area contributed by atoms with E-state index in [0.29, 0.717) is 12.6 Å². The highest BCUT2D eigenvalue weighted by molar-refractivity contribution is 4.87. The third kappa shape index (κ3) is 3.13. The fourth-order valence-electron chi connectivity index (χ4n) is 3.92. The monoisotopic (exact) mass is 269 g/mol. The molecule has 0 bridgehead atoms. The molecule has 2 aliphatic heterocycles. The number of ether oxygens (including phenoxy) is 2. The Hall–Kier alpha value is -0.160. The maximum absolute atomic E-state index is 9.18. The Morgan fingerprint density at radius 1 is 1.16 bits per heavy atom. The van der Waals surface area contributed by atoms with E-state index in [1.807, 2.05) is 0 Å². The summed E-state index contributed by atoms with van der Waals surface area (Å²) in [4.78, 5) is 2.52. The Morgan fingerprint density at radius 3 is 2.79 bits per heavy atom. The van der Waals surface area contributed by atoms with Crippen molar-refractivity contribution in [2.45, 2.75) is 69.3 Å². The van der Waals surface area contributed by atoms with Crippen LogP contribution in [0.3, 0.4) is 0 Å². The zero-order chi connectivity index (χ0) is 13.1. The van der Waals surface area contributed by atoms with Crippen LogP contribution in [-0.4, -0.2) is 54.2 Å². The van der Waals surface area contributed by atoms with Crippen LogP contribution in [0.2, 0.25) is 0 Å². The number of nitrogens with zero attached hydrogens (tertiary/aromatic N) is 1. The first-order valence-corrected chi connectivity index (χ1v) is 7.98. The molecule has 4 heteroatoms. The SMILES string of the molecule is OCCC1CCCCN1CC1COC2(CCCC2)O1. The molecule has 3 fully saturated rings. The molecule has 0 radical (unpaired) electrons. The molecular formula is C15H27NO3. The van der Waals surface area contributed by atoms with Crippen molar-refractivity contribution < 1.29 is 14.6 Å². The number of hydrogen-bond donors (Lipinski definition) is 1. The number of aliphatic hydroxyl groups excluding tert-OH is 1. The Balaban J connectivity index is 1.52. The molecule has 2 atom stereocenters. The van der Waals surface area contributed by atoms with Crippen LogP contribution in [0.5, 0.6) is 0 Å². The number of rotatable bonds is 4. The molecule has 2 saturated heterocycles. The van der Waals surface area contributed by atoms with Crippen molar-refractivity contribution >= 4 is 0 Å². The molecule has 110 valence electrons. The summed E-state index contributed by atoms with van der Waals surface area (Å²) in [7, 11) is 0. The molecule has 2 heterocycles. The normalized spacial score (nSPS) is 35.2. The summed E-state index contributed by atoms with van der Waals surface area (Å²) in [6.45, 7) is 3.18. The Labute approximate surface area is 116 Å². The minimum absolute atomic E-state index is 0.229. The molecule has 0 aromatic heterocycles. The largest absolute Gasteiger partial charge is 0.396 e. The molecule has 2 unspecified atom stereocenters. The lowest BCUT2D eigenvalue weighted by atomic mass is 9.99. The third-order valence-corrected chi connectivity index (χ3v) is 4.93. The van der Waals surface area contributed by atoms with Crippen molar-refractivity contribution in [3.63, 3.8) is 0 Å². The van der Waals surface area contributed by atoms with E-state index in [-0.39, 0.29) is 11.9 Å². The summed E-state index contributed by atoms with van der Waals surface area (Å²) in [6, 6.07) is 0.544. The highest BCUT2D eigenvalue weighted by Gasteiger charge is 2.44. The van der Waals surface area contributed by atoms with Crippen LogP contribution in [0.1, 0.15) is 51.4 Å². The van der Waals surface area contributed by atoms with E-state index >= 15 is 0 Å². The second-order valence-corrected chi connectivity index (χ2v) is 6.33. The maximum atomic E-state index is 9.18. The zero-order valence-electron chi connectivity index (χ0n) is 11.9. The van der Waals surface area contributed by atoms with Crippen LogP contribution in [-0.2, 0) is 9.47 Å². The van der Waals surface area contributed by atoms with Gasteiger partial charge >= 0.3 is 0 Å². The molecule has 0 aromatic carbocycles. The predicted octanol–water partition coefficient (Wildman–Crippen LogP) is 1.91. The molecule has 4 nitrogen and oxygen atoms in total. The topological polar surface area (TPSA) is 41.9 Å². The van der Waals surface area contributed by atoms with Gasteiger partial charge in [0.2, 0.25) is 0 Å². The van der Waals surface area contributed by atoms with E-state index in [0.717, 1.165) is 39.0 Å². The second kappa shape index (κ2) is 6.08. The van der Waals surface area contributed by atoms with E-state index in [4.69, 9.17) is 9.47 Å². The fourth-order valence-corrected chi connectivity index (χ4v) is 3.92. The molecule has 3 rings (SSSR count). The standard InChI is InChI=1S/C15H27NO3/c17-10-6-13-5-1-4-9-16(13)11-14-12-18-15(19-14)7-2-3-8-15/h13-14,17H,1-12H2. The number of aliphatic hydroxyl groups is 1. The maximum Gasteiger partial charge on any atom is 0.168 e. The van der Waals surface area contributed by atoms with Gasteiger partial charge in [0.05, 0.1) is 12.7 Å². The summed E-state index contributed by atoms with van der Waals surface area (Å²) in [5.74, 6) is -0.229. The number of likely N-dealkylation sites (tertiary alicyclic amines) is 1. The van der Waals surface area contributed by atoms with Crippen molar-refractivity contribution in [3.8, 4) is 0 Å². The van der Waals surface area contributed by atoms with Crippen LogP contribution in [0.4, 0.5) is 0 Å². The van der Waals surface area contributed by atoms with Crippen LogP contribution < -0.4 is 0 Å². The van der Waals surface area contributed by atoms with Gasteiger partial charge in [-0.25, -0.2) is 0 Å². The lowest BCUT2D eigenvalue weighted by molar-refractivity contribution is -0.164. The van der Waals surface area contributed by atoms with Gasteiger partial charge in [0.1, 0.15) is 0 Å². The van der Waals surface area contributed by atoms with Crippen molar-refractivity contribution in [1.82, 2.24) is 4.90 Å². The van der Waals surface area contributed by atoms with E-state index in [2.05, 4.69) is 4.90 Å². The van der Waals surface area contributed by atoms with Crippen molar-refractivity contribution in [1.29, 1.82) is 0 Å². The summed E-state index contributed by atoms with van der Waals surface area (Å²) in [6.07, 6.45) is 9.56. The van der Waals surface area contributed by atoms with Crippen LogP contribution in [0.15, 0.2) is 0 Å². The van der Waals surface area contributed by atoms with Gasteiger partial charge in [0.25, 0.3) is 0 Å². The second-order valence-electron chi connectivity index (χ2n) is 6.33. The Morgan fingerprint density at radius 2 is 2.00 bits per heavy atom. The van der Waals surface area contributed by atoms with Gasteiger partial charge in [-0.2, -0.15) is 0 Å². The molecule has 0 aromatic rings. The van der Waals surface area contributed by atoms with Crippen LogP contribution in [0, 0.1) is 0 Å². The van der Waals surface area contributed by atoms with E-state index in [1.54, 1.807) is 0 Å². The quantitative estimate of drug-likeness (QED) is 0.846. The van der Waals surface area contributed by atoms with Gasteiger partial charge in [-0.05, 0) is 38.6 Å². The number of piperidine rings is 1. The highest BCUT2D eigenvalue weighted by Crippen LogP contribution is 2.39. The summed E-state index contributed by atoms with van der Waals surface area (Å²) >= 11 is 0. The fraction of sp³-hybridized carbons (Fsp3) is 1.00. The highest BCUT2D eigenvalue weighted by atomic mass is 16.7. The molecular weight excluding hydrogens is 242 g/mol. The van der Waals surface area contributed by atoms with Gasteiger partial charge in [0.15, 0.2) is 5.79 Å². The first-order valence-electron chi connectivity index (χ1n) is 7.98. The minimum atomic E-state index is -0.229. The Kier molecular flexibility index (Phi) is 4.42. The third-order valence-electron chi connectivity index (χ3n) is 4.93. The smallest absolute Gasteiger partial charge is 0.168 e. The molecule has 3 aliphatic rings. The van der Waals surface area contributed by atoms with Gasteiger partial charge in [-0.1, -0.05) is 6.42 Å². The van der Waals surface area contributed by atoms with Gasteiger partial charge in [0, 0.05) is 32.0 Å². The summed E-state index contributed by atoms with van der Waals surface area (Å²) in [5, 5.41) is 9.18. The molecule has 1 N–H and O–H groups in total. The minimum Gasteiger partial charge on any atom is -0.396 e. The summed E-state index contributed by atoms with van der Waals surface area (Å²) in [5.41, 5.74) is 0. The molecule has 1 aliphatic carbocycles. The molecule has 1 spiro atoms. The number of hydrogen-bond acceptors (Lipinski definition) is 4. The van der Waals surface area contributed by atoms with Crippen molar-refractivity contribution in [3.05, 3.63) is 0 Å². The zero-order valence-corrected chi connectivity index (χ0v) is 11.9. The van der Waals surface area contributed by atoms with Crippen molar-refractivity contribution in [2.75, 3.05) is 26.3 Å². The lowest BCUT2D eigenvalue weighted by Gasteiger charge is -2.36. The lowest BCUT2D eigenvalue weighted by Crippen LogP contribution is -2.45. The molecule has 0 amide bonds. The molecule has 19 heavy (non-hydrogen) atoms. The van der Waals surface area contributed by atoms with E-state index < -0.39 is 0 Å². The molecule has 1 saturated carbocycles. The first kappa shape index (κ1) is 13.8. The van der Waals surface area contributed by atoms with Crippen LogP contribution >= 0.6 is 0 Å². The average molecular weight is 269 g/mol. The average Bonchev–Trinajstić information content (AvgIpc) is 3.03. The first-order chi connectivity index (χ1) is 9.31. The van der Waals surface area contributed by atoms with Gasteiger partial charge in [-0.15, -0.1) is 0 Å². The van der Waals surface area contributed by atoms with Gasteiger partial charge in [-0.3, -0.25) is 4.90 Å². The van der Waals surface area contributed by atoms with Gasteiger partial charge < -0.3 is 14.6 Å².